The largest absolute Gasteiger partial charge is 0.484 e. The van der Waals surface area contributed by atoms with Gasteiger partial charge in [0.2, 0.25) is 0 Å². The first kappa shape index (κ1) is 19.5. The summed E-state index contributed by atoms with van der Waals surface area (Å²) in [6.07, 6.45) is 1.32. The van der Waals surface area contributed by atoms with Gasteiger partial charge in [-0.2, -0.15) is 0 Å². The number of rotatable bonds is 9. The molecule has 138 valence electrons. The predicted octanol–water partition coefficient (Wildman–Crippen LogP) is 2.92. The zero-order valence-electron chi connectivity index (χ0n) is 15.2. The molecular formula is C21H25NO4. The second-order valence-corrected chi connectivity index (χ2v) is 5.85. The summed E-state index contributed by atoms with van der Waals surface area (Å²) < 4.78 is 10.6. The number of aryl methyl sites for hydroxylation is 1. The highest BCUT2D eigenvalue weighted by atomic mass is 16.5. The normalized spacial score (nSPS) is 11.5. The van der Waals surface area contributed by atoms with Crippen LogP contribution in [-0.4, -0.2) is 31.1 Å². The van der Waals surface area contributed by atoms with Crippen molar-refractivity contribution >= 4 is 11.9 Å². The molecular weight excluding hydrogens is 330 g/mol. The lowest BCUT2D eigenvalue weighted by atomic mass is 10.1. The van der Waals surface area contributed by atoms with Crippen LogP contribution in [0.25, 0.3) is 0 Å². The number of esters is 1. The number of amides is 1. The van der Waals surface area contributed by atoms with Crippen LogP contribution in [0, 0.1) is 0 Å². The van der Waals surface area contributed by atoms with Crippen LogP contribution in [0.4, 0.5) is 0 Å². The zero-order valence-corrected chi connectivity index (χ0v) is 15.2. The SMILES string of the molecule is CCOC(=O)C(Cc1ccccc1)NC(=O)COc1ccc(CC)cc1. The molecule has 2 rings (SSSR count). The minimum absolute atomic E-state index is 0.157. The quantitative estimate of drug-likeness (QED) is 0.703. The molecule has 0 heterocycles. The Morgan fingerprint density at radius 1 is 0.962 bits per heavy atom. The van der Waals surface area contributed by atoms with E-state index in [0.717, 1.165) is 12.0 Å². The fraction of sp³-hybridized carbons (Fsp3) is 0.333. The van der Waals surface area contributed by atoms with E-state index in [-0.39, 0.29) is 19.1 Å². The lowest BCUT2D eigenvalue weighted by Crippen LogP contribution is -2.45. The van der Waals surface area contributed by atoms with E-state index in [2.05, 4.69) is 12.2 Å². The fourth-order valence-corrected chi connectivity index (χ4v) is 2.49. The molecule has 0 aliphatic carbocycles. The highest BCUT2D eigenvalue weighted by molar-refractivity contribution is 5.85. The van der Waals surface area contributed by atoms with Crippen molar-refractivity contribution in [3.8, 4) is 5.75 Å². The number of carbonyl (C=O) groups excluding carboxylic acids is 2. The van der Waals surface area contributed by atoms with E-state index >= 15 is 0 Å². The Balaban J connectivity index is 1.92. The molecule has 0 spiro atoms. The Bertz CT molecular complexity index is 698. The Hall–Kier alpha value is -2.82. The van der Waals surface area contributed by atoms with E-state index in [1.165, 1.54) is 5.56 Å². The van der Waals surface area contributed by atoms with Gasteiger partial charge in [0.05, 0.1) is 6.61 Å². The van der Waals surface area contributed by atoms with Gasteiger partial charge in [0.25, 0.3) is 5.91 Å². The van der Waals surface area contributed by atoms with Crippen LogP contribution in [0.5, 0.6) is 5.75 Å². The molecule has 0 radical (unpaired) electrons. The number of hydrogen-bond acceptors (Lipinski definition) is 4. The molecule has 0 saturated carbocycles. The molecule has 0 saturated heterocycles. The molecule has 5 heteroatoms. The van der Waals surface area contributed by atoms with Crippen molar-refractivity contribution < 1.29 is 19.1 Å². The van der Waals surface area contributed by atoms with Crippen LogP contribution in [-0.2, 0) is 27.2 Å². The molecule has 1 N–H and O–H groups in total. The zero-order chi connectivity index (χ0) is 18.8. The van der Waals surface area contributed by atoms with Gasteiger partial charge in [-0.15, -0.1) is 0 Å². The van der Waals surface area contributed by atoms with Crippen LogP contribution in [0.1, 0.15) is 25.0 Å². The molecule has 26 heavy (non-hydrogen) atoms. The van der Waals surface area contributed by atoms with E-state index in [1.807, 2.05) is 54.6 Å². The van der Waals surface area contributed by atoms with Gasteiger partial charge < -0.3 is 14.8 Å². The summed E-state index contributed by atoms with van der Waals surface area (Å²) in [5.74, 6) is -0.191. The Morgan fingerprint density at radius 2 is 1.65 bits per heavy atom. The van der Waals surface area contributed by atoms with Gasteiger partial charge in [-0.3, -0.25) is 4.79 Å². The molecule has 1 unspecified atom stereocenters. The Kier molecular flexibility index (Phi) is 7.68. The van der Waals surface area contributed by atoms with Crippen molar-refractivity contribution in [2.45, 2.75) is 32.7 Å². The summed E-state index contributed by atoms with van der Waals surface area (Å²) in [4.78, 5) is 24.4. The van der Waals surface area contributed by atoms with Gasteiger partial charge in [-0.1, -0.05) is 49.4 Å². The predicted molar refractivity (Wildman–Crippen MR) is 100 cm³/mol. The molecule has 2 aromatic carbocycles. The average molecular weight is 355 g/mol. The highest BCUT2D eigenvalue weighted by Gasteiger charge is 2.22. The van der Waals surface area contributed by atoms with E-state index in [1.54, 1.807) is 6.92 Å². The molecule has 0 bridgehead atoms. The van der Waals surface area contributed by atoms with E-state index in [9.17, 15) is 9.59 Å². The highest BCUT2D eigenvalue weighted by Crippen LogP contribution is 2.12. The van der Waals surface area contributed by atoms with E-state index < -0.39 is 12.0 Å². The van der Waals surface area contributed by atoms with Crippen LogP contribution in [0.15, 0.2) is 54.6 Å². The van der Waals surface area contributed by atoms with E-state index in [4.69, 9.17) is 9.47 Å². The third kappa shape index (κ3) is 6.24. The number of carbonyl (C=O) groups is 2. The third-order valence-corrected chi connectivity index (χ3v) is 3.89. The van der Waals surface area contributed by atoms with Gasteiger partial charge in [0.15, 0.2) is 6.61 Å². The first-order valence-corrected chi connectivity index (χ1v) is 8.84. The molecule has 0 aromatic heterocycles. The number of ether oxygens (including phenoxy) is 2. The summed E-state index contributed by atoms with van der Waals surface area (Å²) in [5.41, 5.74) is 2.15. The maximum absolute atomic E-state index is 12.2. The van der Waals surface area contributed by atoms with Gasteiger partial charge in [0.1, 0.15) is 11.8 Å². The van der Waals surface area contributed by atoms with Crippen LogP contribution < -0.4 is 10.1 Å². The second-order valence-electron chi connectivity index (χ2n) is 5.85. The lowest BCUT2D eigenvalue weighted by Gasteiger charge is -2.17. The molecule has 1 amide bonds. The minimum Gasteiger partial charge on any atom is -0.484 e. The minimum atomic E-state index is -0.740. The van der Waals surface area contributed by atoms with Crippen molar-refractivity contribution in [1.82, 2.24) is 5.32 Å². The summed E-state index contributed by atoms with van der Waals surface area (Å²) in [5, 5.41) is 2.70. The van der Waals surface area contributed by atoms with Gasteiger partial charge in [-0.25, -0.2) is 4.79 Å². The molecule has 0 aliphatic rings. The van der Waals surface area contributed by atoms with Crippen LogP contribution >= 0.6 is 0 Å². The Labute approximate surface area is 154 Å². The first-order chi connectivity index (χ1) is 12.6. The van der Waals surface area contributed by atoms with Crippen LogP contribution in [0.3, 0.4) is 0 Å². The van der Waals surface area contributed by atoms with Crippen molar-refractivity contribution in [3.63, 3.8) is 0 Å². The van der Waals surface area contributed by atoms with Gasteiger partial charge in [0, 0.05) is 6.42 Å². The standard InChI is InChI=1S/C21H25NO4/c1-3-16-10-12-18(13-11-16)26-15-20(23)22-19(21(24)25-4-2)14-17-8-6-5-7-9-17/h5-13,19H,3-4,14-15H2,1-2H3,(H,22,23). The van der Waals surface area contributed by atoms with Gasteiger partial charge in [-0.05, 0) is 36.6 Å². The second kappa shape index (κ2) is 10.2. The smallest absolute Gasteiger partial charge is 0.328 e. The van der Waals surface area contributed by atoms with E-state index in [0.29, 0.717) is 12.2 Å². The fourth-order valence-electron chi connectivity index (χ4n) is 2.49. The summed E-state index contributed by atoms with van der Waals surface area (Å²) in [6, 6.07) is 16.3. The summed E-state index contributed by atoms with van der Waals surface area (Å²) in [6.45, 7) is 3.92. The van der Waals surface area contributed by atoms with Crippen molar-refractivity contribution in [2.24, 2.45) is 0 Å². The average Bonchev–Trinajstić information content (AvgIpc) is 2.67. The molecule has 2 aromatic rings. The molecule has 0 fully saturated rings. The van der Waals surface area contributed by atoms with Crippen LogP contribution in [0.2, 0.25) is 0 Å². The maximum Gasteiger partial charge on any atom is 0.328 e. The van der Waals surface area contributed by atoms with Gasteiger partial charge >= 0.3 is 5.97 Å². The maximum atomic E-state index is 12.2. The number of nitrogens with one attached hydrogen (secondary N) is 1. The molecule has 0 aliphatic heterocycles. The number of hydrogen-bond donors (Lipinski definition) is 1. The third-order valence-electron chi connectivity index (χ3n) is 3.89. The number of benzene rings is 2. The lowest BCUT2D eigenvalue weighted by molar-refractivity contribution is -0.147. The molecule has 5 nitrogen and oxygen atoms in total. The summed E-state index contributed by atoms with van der Waals surface area (Å²) >= 11 is 0. The Morgan fingerprint density at radius 3 is 2.27 bits per heavy atom. The topological polar surface area (TPSA) is 64.6 Å². The summed E-state index contributed by atoms with van der Waals surface area (Å²) in [7, 11) is 0. The first-order valence-electron chi connectivity index (χ1n) is 8.84. The van der Waals surface area contributed by atoms with Crippen molar-refractivity contribution in [1.29, 1.82) is 0 Å². The monoisotopic (exact) mass is 355 g/mol. The molecule has 1 atom stereocenters. The van der Waals surface area contributed by atoms with Crippen molar-refractivity contribution in [2.75, 3.05) is 13.2 Å². The van der Waals surface area contributed by atoms with Crippen molar-refractivity contribution in [3.05, 3.63) is 65.7 Å².